The highest BCUT2D eigenvalue weighted by atomic mass is 16.5. The third-order valence-electron chi connectivity index (χ3n) is 3.33. The molecule has 1 amide bonds. The predicted molar refractivity (Wildman–Crippen MR) is 76.6 cm³/mol. The number of rotatable bonds is 4. The Kier molecular flexibility index (Phi) is 5.11. The average molecular weight is 278 g/mol. The molecule has 1 aromatic rings. The molecule has 1 fully saturated rings. The van der Waals surface area contributed by atoms with Gasteiger partial charge in [-0.1, -0.05) is 12.1 Å². The highest BCUT2D eigenvalue weighted by Crippen LogP contribution is 2.12. The van der Waals surface area contributed by atoms with Crippen LogP contribution < -0.4 is 0 Å². The molecular weight excluding hydrogens is 256 g/mol. The van der Waals surface area contributed by atoms with Crippen LogP contribution in [-0.2, 0) is 11.3 Å². The largest absolute Gasteiger partial charge is 0.394 e. The first-order chi connectivity index (χ1) is 9.60. The minimum absolute atomic E-state index is 0.00292. The number of amides is 1. The SMILES string of the molecule is CN(C)Cc1ccc(C(=O)N2CCOC(CO)C2)cc1. The summed E-state index contributed by atoms with van der Waals surface area (Å²) in [6, 6.07) is 7.70. The summed E-state index contributed by atoms with van der Waals surface area (Å²) in [6.45, 7) is 2.32. The minimum atomic E-state index is -0.263. The number of carbonyl (C=O) groups excluding carboxylic acids is 1. The van der Waals surface area contributed by atoms with Gasteiger partial charge in [-0.2, -0.15) is 0 Å². The van der Waals surface area contributed by atoms with E-state index in [2.05, 4.69) is 4.90 Å². The van der Waals surface area contributed by atoms with Crippen LogP contribution in [-0.4, -0.2) is 67.3 Å². The topological polar surface area (TPSA) is 53.0 Å². The molecule has 5 heteroatoms. The average Bonchev–Trinajstić information content (AvgIpc) is 2.47. The van der Waals surface area contributed by atoms with E-state index in [1.807, 2.05) is 38.4 Å². The number of aliphatic hydroxyl groups is 1. The highest BCUT2D eigenvalue weighted by molar-refractivity contribution is 5.94. The first-order valence-corrected chi connectivity index (χ1v) is 6.85. The van der Waals surface area contributed by atoms with Gasteiger partial charge in [0.25, 0.3) is 5.91 Å². The van der Waals surface area contributed by atoms with Crippen molar-refractivity contribution in [1.29, 1.82) is 0 Å². The summed E-state index contributed by atoms with van der Waals surface area (Å²) >= 11 is 0. The Morgan fingerprint density at radius 3 is 2.70 bits per heavy atom. The van der Waals surface area contributed by atoms with Crippen molar-refractivity contribution >= 4 is 5.91 Å². The second-order valence-electron chi connectivity index (χ2n) is 5.36. The van der Waals surface area contributed by atoms with E-state index in [0.717, 1.165) is 6.54 Å². The first-order valence-electron chi connectivity index (χ1n) is 6.85. The van der Waals surface area contributed by atoms with Gasteiger partial charge in [-0.25, -0.2) is 0 Å². The standard InChI is InChI=1S/C15H22N2O3/c1-16(2)9-12-3-5-13(6-4-12)15(19)17-7-8-20-14(10-17)11-18/h3-6,14,18H,7-11H2,1-2H3. The highest BCUT2D eigenvalue weighted by Gasteiger charge is 2.24. The van der Waals surface area contributed by atoms with Crippen molar-refractivity contribution < 1.29 is 14.6 Å². The van der Waals surface area contributed by atoms with Gasteiger partial charge in [-0.05, 0) is 31.8 Å². The molecule has 1 saturated heterocycles. The summed E-state index contributed by atoms with van der Waals surface area (Å²) in [5, 5.41) is 9.11. The Morgan fingerprint density at radius 2 is 2.10 bits per heavy atom. The van der Waals surface area contributed by atoms with Crippen LogP contribution in [0.5, 0.6) is 0 Å². The predicted octanol–water partition coefficient (Wildman–Crippen LogP) is 0.581. The van der Waals surface area contributed by atoms with E-state index in [-0.39, 0.29) is 18.6 Å². The summed E-state index contributed by atoms with van der Waals surface area (Å²) in [5.41, 5.74) is 1.87. The second kappa shape index (κ2) is 6.83. The fourth-order valence-corrected chi connectivity index (χ4v) is 2.31. The van der Waals surface area contributed by atoms with Crippen molar-refractivity contribution in [3.8, 4) is 0 Å². The Bertz CT molecular complexity index is 445. The molecular formula is C15H22N2O3. The maximum absolute atomic E-state index is 12.4. The zero-order chi connectivity index (χ0) is 14.5. The first kappa shape index (κ1) is 15.0. The molecule has 1 aliphatic rings. The number of hydrogen-bond acceptors (Lipinski definition) is 4. The fraction of sp³-hybridized carbons (Fsp3) is 0.533. The number of carbonyl (C=O) groups is 1. The summed E-state index contributed by atoms with van der Waals surface area (Å²) in [4.78, 5) is 16.2. The number of hydrogen-bond donors (Lipinski definition) is 1. The Morgan fingerprint density at radius 1 is 1.40 bits per heavy atom. The molecule has 1 N–H and O–H groups in total. The van der Waals surface area contributed by atoms with Gasteiger partial charge >= 0.3 is 0 Å². The Labute approximate surface area is 119 Å². The molecule has 1 atom stereocenters. The van der Waals surface area contributed by atoms with E-state index in [4.69, 9.17) is 9.84 Å². The van der Waals surface area contributed by atoms with Gasteiger partial charge in [0.15, 0.2) is 0 Å². The third kappa shape index (κ3) is 3.79. The van der Waals surface area contributed by atoms with Gasteiger partial charge in [0, 0.05) is 25.2 Å². The molecule has 1 unspecified atom stereocenters. The minimum Gasteiger partial charge on any atom is -0.394 e. The fourth-order valence-electron chi connectivity index (χ4n) is 2.31. The molecule has 110 valence electrons. The number of benzene rings is 1. The monoisotopic (exact) mass is 278 g/mol. The molecule has 0 saturated carbocycles. The summed E-state index contributed by atoms with van der Waals surface area (Å²) in [6.07, 6.45) is -0.263. The van der Waals surface area contributed by atoms with Gasteiger partial charge < -0.3 is 19.6 Å². The normalized spacial score (nSPS) is 19.4. The van der Waals surface area contributed by atoms with Gasteiger partial charge in [0.05, 0.1) is 19.3 Å². The molecule has 2 rings (SSSR count). The summed E-state index contributed by atoms with van der Waals surface area (Å²) in [5.74, 6) is 0.00292. The lowest BCUT2D eigenvalue weighted by atomic mass is 10.1. The molecule has 1 heterocycles. The van der Waals surface area contributed by atoms with Crippen LogP contribution in [0.15, 0.2) is 24.3 Å². The second-order valence-corrected chi connectivity index (χ2v) is 5.36. The van der Waals surface area contributed by atoms with Crippen LogP contribution in [0.1, 0.15) is 15.9 Å². The van der Waals surface area contributed by atoms with Crippen LogP contribution in [0.2, 0.25) is 0 Å². The van der Waals surface area contributed by atoms with Gasteiger partial charge in [-0.15, -0.1) is 0 Å². The Hall–Kier alpha value is -1.43. The van der Waals surface area contributed by atoms with Gasteiger partial charge in [-0.3, -0.25) is 4.79 Å². The quantitative estimate of drug-likeness (QED) is 0.875. The van der Waals surface area contributed by atoms with Gasteiger partial charge in [0.2, 0.25) is 0 Å². The molecule has 0 aromatic heterocycles. The smallest absolute Gasteiger partial charge is 0.254 e. The molecule has 1 aliphatic heterocycles. The number of nitrogens with zero attached hydrogens (tertiary/aromatic N) is 2. The van der Waals surface area contributed by atoms with Crippen LogP contribution >= 0.6 is 0 Å². The van der Waals surface area contributed by atoms with Crippen LogP contribution in [0, 0.1) is 0 Å². The molecule has 1 aromatic carbocycles. The van der Waals surface area contributed by atoms with E-state index in [0.29, 0.717) is 25.3 Å². The lowest BCUT2D eigenvalue weighted by Gasteiger charge is -2.32. The molecule has 20 heavy (non-hydrogen) atoms. The van der Waals surface area contributed by atoms with E-state index in [1.54, 1.807) is 4.90 Å². The van der Waals surface area contributed by atoms with Crippen molar-refractivity contribution in [2.24, 2.45) is 0 Å². The number of ether oxygens (including phenoxy) is 1. The van der Waals surface area contributed by atoms with Crippen molar-refractivity contribution in [3.63, 3.8) is 0 Å². The molecule has 0 spiro atoms. The number of morpholine rings is 1. The zero-order valence-electron chi connectivity index (χ0n) is 12.1. The lowest BCUT2D eigenvalue weighted by Crippen LogP contribution is -2.46. The van der Waals surface area contributed by atoms with Crippen molar-refractivity contribution in [1.82, 2.24) is 9.80 Å². The molecule has 0 radical (unpaired) electrons. The maximum Gasteiger partial charge on any atom is 0.254 e. The third-order valence-corrected chi connectivity index (χ3v) is 3.33. The van der Waals surface area contributed by atoms with Gasteiger partial charge in [0.1, 0.15) is 0 Å². The van der Waals surface area contributed by atoms with E-state index < -0.39 is 0 Å². The van der Waals surface area contributed by atoms with Crippen molar-refractivity contribution in [2.45, 2.75) is 12.6 Å². The van der Waals surface area contributed by atoms with Crippen LogP contribution in [0.25, 0.3) is 0 Å². The maximum atomic E-state index is 12.4. The molecule has 5 nitrogen and oxygen atoms in total. The van der Waals surface area contributed by atoms with E-state index in [9.17, 15) is 4.79 Å². The van der Waals surface area contributed by atoms with E-state index in [1.165, 1.54) is 5.56 Å². The van der Waals surface area contributed by atoms with E-state index >= 15 is 0 Å². The van der Waals surface area contributed by atoms with Crippen molar-refractivity contribution in [2.75, 3.05) is 40.4 Å². The van der Waals surface area contributed by atoms with Crippen LogP contribution in [0.3, 0.4) is 0 Å². The van der Waals surface area contributed by atoms with Crippen LogP contribution in [0.4, 0.5) is 0 Å². The lowest BCUT2D eigenvalue weighted by molar-refractivity contribution is -0.0447. The number of aliphatic hydroxyl groups excluding tert-OH is 1. The van der Waals surface area contributed by atoms with Crippen molar-refractivity contribution in [3.05, 3.63) is 35.4 Å². The molecule has 0 aliphatic carbocycles. The zero-order valence-corrected chi connectivity index (χ0v) is 12.1. The molecule has 0 bridgehead atoms. The summed E-state index contributed by atoms with van der Waals surface area (Å²) in [7, 11) is 4.03. The summed E-state index contributed by atoms with van der Waals surface area (Å²) < 4.78 is 5.36. The Balaban J connectivity index is 2.01.